The normalized spacial score (nSPS) is 11.4. The molecule has 33 heavy (non-hydrogen) atoms. The number of nitrogens with zero attached hydrogens (tertiary/aromatic N) is 1. The van der Waals surface area contributed by atoms with E-state index in [1.54, 1.807) is 24.3 Å². The summed E-state index contributed by atoms with van der Waals surface area (Å²) in [6.45, 7) is 0. The van der Waals surface area contributed by atoms with Gasteiger partial charge in [-0.1, -0.05) is 41.9 Å². The molecule has 1 N–H and O–H groups in total. The quantitative estimate of drug-likeness (QED) is 0.306. The Labute approximate surface area is 191 Å². The molecule has 0 atom stereocenters. The predicted molar refractivity (Wildman–Crippen MR) is 122 cm³/mol. The van der Waals surface area contributed by atoms with Crippen molar-refractivity contribution in [2.75, 3.05) is 0 Å². The zero-order valence-electron chi connectivity index (χ0n) is 16.9. The summed E-state index contributed by atoms with van der Waals surface area (Å²) in [6.07, 6.45) is 1.33. The van der Waals surface area contributed by atoms with E-state index in [0.29, 0.717) is 22.7 Å². The van der Waals surface area contributed by atoms with Crippen LogP contribution in [0.4, 0.5) is 0 Å². The maximum atomic E-state index is 12.5. The number of hydrazone groups is 1. The van der Waals surface area contributed by atoms with Gasteiger partial charge in [0.05, 0.1) is 12.2 Å². The lowest BCUT2D eigenvalue weighted by Gasteiger charge is -2.06. The van der Waals surface area contributed by atoms with Crippen molar-refractivity contribution >= 4 is 51.4 Å². The Morgan fingerprint density at radius 2 is 1.79 bits per heavy atom. The Kier molecular flexibility index (Phi) is 5.16. The lowest BCUT2D eigenvalue weighted by atomic mass is 10.1. The fraction of sp³-hybridized carbons (Fsp3) is 0. The highest BCUT2D eigenvalue weighted by atomic mass is 35.5. The second kappa shape index (κ2) is 8.29. The molecule has 0 saturated carbocycles. The third-order valence-electron chi connectivity index (χ3n) is 5.11. The number of hydrogen-bond acceptors (Lipinski definition) is 6. The molecule has 0 fully saturated rings. The first-order valence-corrected chi connectivity index (χ1v) is 10.2. The molecule has 3 aromatic carbocycles. The topological polar surface area (TPSA) is 108 Å². The van der Waals surface area contributed by atoms with Crippen LogP contribution in [0.25, 0.3) is 33.1 Å². The molecule has 0 radical (unpaired) electrons. The van der Waals surface area contributed by atoms with E-state index in [9.17, 15) is 14.7 Å². The van der Waals surface area contributed by atoms with Crippen LogP contribution in [-0.4, -0.2) is 18.1 Å². The largest absolute Gasteiger partial charge is 0.545 e. The number of hydrogen-bond donors (Lipinski definition) is 1. The summed E-state index contributed by atoms with van der Waals surface area (Å²) < 4.78 is 11.3. The van der Waals surface area contributed by atoms with Crippen LogP contribution in [0.5, 0.6) is 0 Å². The maximum Gasteiger partial charge on any atom is 0.307 e. The predicted octanol–water partition coefficient (Wildman–Crippen LogP) is 4.63. The van der Waals surface area contributed by atoms with Gasteiger partial charge in [-0.2, -0.15) is 5.10 Å². The van der Waals surface area contributed by atoms with Gasteiger partial charge in [0.25, 0.3) is 0 Å². The lowest BCUT2D eigenvalue weighted by Crippen LogP contribution is -2.22. The third kappa shape index (κ3) is 3.97. The highest BCUT2D eigenvalue weighted by molar-refractivity contribution is 6.33. The van der Waals surface area contributed by atoms with Gasteiger partial charge < -0.3 is 18.7 Å². The van der Waals surface area contributed by atoms with Crippen LogP contribution in [0.15, 0.2) is 86.7 Å². The lowest BCUT2D eigenvalue weighted by molar-refractivity contribution is -0.255. The van der Waals surface area contributed by atoms with Crippen molar-refractivity contribution in [3.05, 3.63) is 94.9 Å². The van der Waals surface area contributed by atoms with Crippen molar-refractivity contribution in [1.82, 2.24) is 5.43 Å². The summed E-state index contributed by atoms with van der Waals surface area (Å²) in [6, 6.07) is 21.0. The van der Waals surface area contributed by atoms with E-state index in [1.165, 1.54) is 18.3 Å². The van der Waals surface area contributed by atoms with Crippen molar-refractivity contribution in [1.29, 1.82) is 0 Å². The number of carboxylic acid groups (broad SMARTS) is 1. The van der Waals surface area contributed by atoms with Gasteiger partial charge in [0.15, 0.2) is 5.76 Å². The molecule has 5 rings (SSSR count). The molecule has 0 bridgehead atoms. The van der Waals surface area contributed by atoms with Gasteiger partial charge in [-0.05, 0) is 53.2 Å². The van der Waals surface area contributed by atoms with E-state index in [0.717, 1.165) is 16.2 Å². The highest BCUT2D eigenvalue weighted by Gasteiger charge is 2.13. The van der Waals surface area contributed by atoms with Crippen LogP contribution in [0.2, 0.25) is 5.02 Å². The Balaban J connectivity index is 1.32. The summed E-state index contributed by atoms with van der Waals surface area (Å²) in [4.78, 5) is 23.6. The molecule has 0 unspecified atom stereocenters. The monoisotopic (exact) mass is 457 g/mol. The first-order chi connectivity index (χ1) is 16.0. The van der Waals surface area contributed by atoms with Gasteiger partial charge in [-0.3, -0.25) is 4.79 Å². The number of amides is 1. The summed E-state index contributed by atoms with van der Waals surface area (Å²) in [7, 11) is 0. The number of halogens is 1. The summed E-state index contributed by atoms with van der Waals surface area (Å²) in [5, 5.41) is 18.0. The van der Waals surface area contributed by atoms with Gasteiger partial charge in [0.1, 0.15) is 17.1 Å². The smallest absolute Gasteiger partial charge is 0.307 e. The number of furan rings is 2. The first kappa shape index (κ1) is 20.5. The van der Waals surface area contributed by atoms with Crippen LogP contribution >= 0.6 is 11.6 Å². The zero-order chi connectivity index (χ0) is 22.9. The van der Waals surface area contributed by atoms with Gasteiger partial charge in [-0.15, -0.1) is 0 Å². The molecular weight excluding hydrogens is 444 g/mol. The fourth-order valence-corrected chi connectivity index (χ4v) is 3.72. The number of fused-ring (bicyclic) bond motifs is 3. The summed E-state index contributed by atoms with van der Waals surface area (Å²) in [5.74, 6) is -0.988. The molecule has 0 aliphatic heterocycles. The van der Waals surface area contributed by atoms with Gasteiger partial charge in [-0.25, -0.2) is 5.43 Å². The van der Waals surface area contributed by atoms with Crippen molar-refractivity contribution < 1.29 is 23.5 Å². The number of benzene rings is 3. The minimum Gasteiger partial charge on any atom is -0.545 e. The number of carbonyl (C=O) groups is 2. The molecule has 1 amide bonds. The zero-order valence-corrected chi connectivity index (χ0v) is 17.6. The van der Waals surface area contributed by atoms with Crippen LogP contribution in [0.3, 0.4) is 0 Å². The van der Waals surface area contributed by atoms with E-state index in [2.05, 4.69) is 10.5 Å². The Bertz CT molecular complexity index is 1560. The average molecular weight is 458 g/mol. The van der Waals surface area contributed by atoms with Crippen molar-refractivity contribution in [3.63, 3.8) is 0 Å². The van der Waals surface area contributed by atoms with Crippen molar-refractivity contribution in [2.24, 2.45) is 5.10 Å². The fourth-order valence-electron chi connectivity index (χ4n) is 3.53. The Hall–Kier alpha value is -4.36. The number of carboxylic acids is 1. The number of aromatic carboxylic acids is 1. The van der Waals surface area contributed by atoms with Gasteiger partial charge >= 0.3 is 5.91 Å². The SMILES string of the molecule is O=C(N/N=C\c1ccc(-c2ccc(Cl)c(C(=O)[O-])c2)o1)c1cc2c(ccc3ccccc32)o1. The van der Waals surface area contributed by atoms with Crippen LogP contribution in [-0.2, 0) is 0 Å². The molecule has 0 saturated heterocycles. The van der Waals surface area contributed by atoms with Gasteiger partial charge in [0, 0.05) is 21.5 Å². The standard InChI is InChI=1S/C25H15ClN2O5/c26-20-8-5-15(11-19(20)25(30)31)21-10-7-16(32-21)13-27-28-24(29)23-12-18-17-4-2-1-3-14(17)6-9-22(18)33-23/h1-13H,(H,28,29)(H,30,31)/p-1/b27-13-. The first-order valence-electron chi connectivity index (χ1n) is 9.85. The van der Waals surface area contributed by atoms with E-state index in [4.69, 9.17) is 20.4 Å². The van der Waals surface area contributed by atoms with E-state index in [-0.39, 0.29) is 16.3 Å². The molecule has 5 aromatic rings. The minimum absolute atomic E-state index is 0.0772. The Morgan fingerprint density at radius 3 is 2.64 bits per heavy atom. The minimum atomic E-state index is -1.38. The van der Waals surface area contributed by atoms with E-state index >= 15 is 0 Å². The third-order valence-corrected chi connectivity index (χ3v) is 5.43. The Morgan fingerprint density at radius 1 is 0.939 bits per heavy atom. The average Bonchev–Trinajstić information content (AvgIpc) is 3.46. The second-order valence-electron chi connectivity index (χ2n) is 7.19. The molecule has 8 heteroatoms. The second-order valence-corrected chi connectivity index (χ2v) is 7.60. The van der Waals surface area contributed by atoms with E-state index < -0.39 is 11.9 Å². The maximum absolute atomic E-state index is 12.5. The molecule has 2 aromatic heterocycles. The molecule has 0 spiro atoms. The highest BCUT2D eigenvalue weighted by Crippen LogP contribution is 2.28. The van der Waals surface area contributed by atoms with Crippen LogP contribution in [0.1, 0.15) is 26.7 Å². The summed E-state index contributed by atoms with van der Waals surface area (Å²) >= 11 is 5.87. The number of nitrogens with one attached hydrogen (secondary N) is 1. The van der Waals surface area contributed by atoms with Crippen LogP contribution in [0, 0.1) is 0 Å². The number of rotatable bonds is 5. The number of carbonyl (C=O) groups excluding carboxylic acids is 2. The molecule has 7 nitrogen and oxygen atoms in total. The molecular formula is C25H14ClN2O5-. The molecule has 2 heterocycles. The molecule has 0 aliphatic carbocycles. The summed E-state index contributed by atoms with van der Waals surface area (Å²) in [5.41, 5.74) is 3.40. The van der Waals surface area contributed by atoms with Gasteiger partial charge in [0.2, 0.25) is 0 Å². The van der Waals surface area contributed by atoms with Crippen LogP contribution < -0.4 is 10.5 Å². The molecule has 0 aliphatic rings. The molecule has 162 valence electrons. The van der Waals surface area contributed by atoms with Crippen molar-refractivity contribution in [3.8, 4) is 11.3 Å². The van der Waals surface area contributed by atoms with E-state index in [1.807, 2.05) is 36.4 Å². The van der Waals surface area contributed by atoms with Crippen molar-refractivity contribution in [2.45, 2.75) is 0 Å².